The molecule has 0 aliphatic rings. The first-order valence-corrected chi connectivity index (χ1v) is 8.08. The van der Waals surface area contributed by atoms with Crippen LogP contribution in [0.1, 0.15) is 15.9 Å². The minimum atomic E-state index is -3.31. The van der Waals surface area contributed by atoms with Crippen molar-refractivity contribution in [3.8, 4) is 0 Å². The molecule has 1 heterocycles. The number of rotatable bonds is 5. The van der Waals surface area contributed by atoms with Crippen molar-refractivity contribution in [2.75, 3.05) is 11.0 Å². The number of aromatic nitrogens is 1. The van der Waals surface area contributed by atoms with Gasteiger partial charge in [0.15, 0.2) is 0 Å². The summed E-state index contributed by atoms with van der Waals surface area (Å²) in [4.78, 5) is 15.7. The number of nitrogens with one attached hydrogen (secondary N) is 2. The van der Waals surface area contributed by atoms with Crippen molar-refractivity contribution in [1.82, 2.24) is 10.3 Å². The third kappa shape index (κ3) is 4.88. The summed E-state index contributed by atoms with van der Waals surface area (Å²) >= 11 is 0. The highest BCUT2D eigenvalue weighted by atomic mass is 32.2. The highest BCUT2D eigenvalue weighted by molar-refractivity contribution is 7.92. The molecule has 0 bridgehead atoms. The van der Waals surface area contributed by atoms with Crippen molar-refractivity contribution in [3.05, 3.63) is 59.9 Å². The molecule has 2 rings (SSSR count). The molecule has 1 aromatic carbocycles. The maximum atomic E-state index is 11.9. The Morgan fingerprint density at radius 1 is 1.19 bits per heavy atom. The Morgan fingerprint density at radius 2 is 1.90 bits per heavy atom. The van der Waals surface area contributed by atoms with Gasteiger partial charge in [0.05, 0.1) is 6.26 Å². The molecule has 110 valence electrons. The van der Waals surface area contributed by atoms with Gasteiger partial charge in [-0.2, -0.15) is 0 Å². The minimum Gasteiger partial charge on any atom is -0.348 e. The third-order valence-corrected chi connectivity index (χ3v) is 3.23. The quantitative estimate of drug-likeness (QED) is 0.873. The van der Waals surface area contributed by atoms with Crippen LogP contribution in [0.25, 0.3) is 0 Å². The predicted molar refractivity (Wildman–Crippen MR) is 80.3 cm³/mol. The zero-order chi connectivity index (χ0) is 15.3. The van der Waals surface area contributed by atoms with Crippen LogP contribution < -0.4 is 10.0 Å². The fraction of sp³-hybridized carbons (Fsp3) is 0.143. The van der Waals surface area contributed by atoms with Crippen LogP contribution in [-0.2, 0) is 16.6 Å². The van der Waals surface area contributed by atoms with Crippen molar-refractivity contribution in [3.63, 3.8) is 0 Å². The van der Waals surface area contributed by atoms with E-state index >= 15 is 0 Å². The van der Waals surface area contributed by atoms with Crippen LogP contribution in [0, 0.1) is 0 Å². The summed E-state index contributed by atoms with van der Waals surface area (Å²) in [5.74, 6) is -0.209. The number of carbonyl (C=O) groups excluding carboxylic acids is 1. The monoisotopic (exact) mass is 305 g/mol. The highest BCUT2D eigenvalue weighted by Gasteiger charge is 2.06. The highest BCUT2D eigenvalue weighted by Crippen LogP contribution is 2.12. The van der Waals surface area contributed by atoms with E-state index in [9.17, 15) is 13.2 Å². The number of carbonyl (C=O) groups is 1. The second-order valence-corrected chi connectivity index (χ2v) is 6.24. The van der Waals surface area contributed by atoms with Gasteiger partial charge in [-0.3, -0.25) is 14.5 Å². The van der Waals surface area contributed by atoms with E-state index in [1.807, 2.05) is 0 Å². The molecule has 0 aliphatic heterocycles. The summed E-state index contributed by atoms with van der Waals surface area (Å²) in [6.45, 7) is 0.306. The third-order valence-electron chi connectivity index (χ3n) is 2.63. The van der Waals surface area contributed by atoms with E-state index in [-0.39, 0.29) is 5.91 Å². The van der Waals surface area contributed by atoms with Gasteiger partial charge < -0.3 is 5.32 Å². The minimum absolute atomic E-state index is 0.209. The van der Waals surface area contributed by atoms with Crippen molar-refractivity contribution in [1.29, 1.82) is 0 Å². The van der Waals surface area contributed by atoms with Crippen LogP contribution in [0.15, 0.2) is 48.8 Å². The van der Waals surface area contributed by atoms with E-state index in [0.717, 1.165) is 11.8 Å². The van der Waals surface area contributed by atoms with E-state index < -0.39 is 10.0 Å². The lowest BCUT2D eigenvalue weighted by Gasteiger charge is -2.08. The van der Waals surface area contributed by atoms with Crippen LogP contribution in [0.5, 0.6) is 0 Å². The van der Waals surface area contributed by atoms with Gasteiger partial charge in [0.25, 0.3) is 5.91 Å². The molecule has 7 heteroatoms. The second-order valence-electron chi connectivity index (χ2n) is 4.49. The summed E-state index contributed by atoms with van der Waals surface area (Å²) in [5, 5.41) is 2.76. The summed E-state index contributed by atoms with van der Waals surface area (Å²) in [6.07, 6.45) is 4.18. The normalized spacial score (nSPS) is 10.9. The first-order valence-electron chi connectivity index (χ1n) is 6.19. The average Bonchev–Trinajstić information content (AvgIpc) is 2.44. The fourth-order valence-electron chi connectivity index (χ4n) is 1.75. The topological polar surface area (TPSA) is 88.2 Å². The first-order chi connectivity index (χ1) is 9.94. The fourth-order valence-corrected chi connectivity index (χ4v) is 2.30. The molecular formula is C14H15N3O3S. The number of hydrogen-bond donors (Lipinski definition) is 2. The van der Waals surface area contributed by atoms with E-state index in [4.69, 9.17) is 0 Å². The molecule has 0 spiro atoms. The molecule has 1 aromatic heterocycles. The van der Waals surface area contributed by atoms with Gasteiger partial charge in [-0.1, -0.05) is 12.1 Å². The number of nitrogens with zero attached hydrogens (tertiary/aromatic N) is 1. The number of hydrogen-bond acceptors (Lipinski definition) is 4. The van der Waals surface area contributed by atoms with Crippen LogP contribution in [0.3, 0.4) is 0 Å². The molecule has 0 radical (unpaired) electrons. The summed E-state index contributed by atoms with van der Waals surface area (Å²) in [6, 6.07) is 10.1. The largest absolute Gasteiger partial charge is 0.348 e. The standard InChI is InChI=1S/C14H15N3O3S/c1-21(19,20)17-13-4-2-3-11(9-13)10-16-14(18)12-5-7-15-8-6-12/h2-9,17H,10H2,1H3,(H,16,18). The smallest absolute Gasteiger partial charge is 0.251 e. The zero-order valence-electron chi connectivity index (χ0n) is 11.4. The number of benzene rings is 1. The maximum Gasteiger partial charge on any atom is 0.251 e. The Morgan fingerprint density at radius 3 is 2.57 bits per heavy atom. The predicted octanol–water partition coefficient (Wildman–Crippen LogP) is 1.38. The molecule has 0 fully saturated rings. The van der Waals surface area contributed by atoms with Crippen LogP contribution in [0.2, 0.25) is 0 Å². The Kier molecular flexibility index (Phi) is 4.54. The van der Waals surface area contributed by atoms with Gasteiger partial charge in [0.2, 0.25) is 10.0 Å². The zero-order valence-corrected chi connectivity index (χ0v) is 12.2. The molecule has 0 aliphatic carbocycles. The van der Waals surface area contributed by atoms with Crippen molar-refractivity contribution in [2.45, 2.75) is 6.54 Å². The summed E-state index contributed by atoms with van der Waals surface area (Å²) < 4.78 is 24.7. The van der Waals surface area contributed by atoms with Gasteiger partial charge in [-0.05, 0) is 29.8 Å². The van der Waals surface area contributed by atoms with E-state index in [0.29, 0.717) is 17.8 Å². The molecule has 0 saturated heterocycles. The van der Waals surface area contributed by atoms with Gasteiger partial charge >= 0.3 is 0 Å². The number of anilines is 1. The second kappa shape index (κ2) is 6.36. The average molecular weight is 305 g/mol. The number of sulfonamides is 1. The van der Waals surface area contributed by atoms with E-state index in [1.54, 1.807) is 48.8 Å². The van der Waals surface area contributed by atoms with Crippen molar-refractivity contribution in [2.24, 2.45) is 0 Å². The molecular weight excluding hydrogens is 290 g/mol. The molecule has 0 saturated carbocycles. The van der Waals surface area contributed by atoms with E-state index in [1.165, 1.54) is 0 Å². The van der Waals surface area contributed by atoms with Gasteiger partial charge in [-0.25, -0.2) is 8.42 Å². The Hall–Kier alpha value is -2.41. The SMILES string of the molecule is CS(=O)(=O)Nc1cccc(CNC(=O)c2ccncc2)c1. The van der Waals surface area contributed by atoms with Crippen LogP contribution >= 0.6 is 0 Å². The molecule has 6 nitrogen and oxygen atoms in total. The van der Waals surface area contributed by atoms with Crippen LogP contribution in [-0.4, -0.2) is 25.6 Å². The van der Waals surface area contributed by atoms with Gasteiger partial charge in [0.1, 0.15) is 0 Å². The molecule has 0 unspecified atom stereocenters. The summed E-state index contributed by atoms with van der Waals surface area (Å²) in [7, 11) is -3.31. The van der Waals surface area contributed by atoms with Gasteiger partial charge in [-0.15, -0.1) is 0 Å². The first kappa shape index (κ1) is 15.0. The molecule has 0 atom stereocenters. The van der Waals surface area contributed by atoms with E-state index in [2.05, 4.69) is 15.0 Å². The Balaban J connectivity index is 2.01. The number of amides is 1. The lowest BCUT2D eigenvalue weighted by molar-refractivity contribution is 0.0951. The van der Waals surface area contributed by atoms with Crippen molar-refractivity contribution >= 4 is 21.6 Å². The molecule has 2 aromatic rings. The van der Waals surface area contributed by atoms with Crippen LogP contribution in [0.4, 0.5) is 5.69 Å². The maximum absolute atomic E-state index is 11.9. The van der Waals surface area contributed by atoms with Crippen molar-refractivity contribution < 1.29 is 13.2 Å². The number of pyridine rings is 1. The van der Waals surface area contributed by atoms with Gasteiger partial charge in [0, 0.05) is 30.2 Å². The summed E-state index contributed by atoms with van der Waals surface area (Å²) in [5.41, 5.74) is 1.79. The molecule has 2 N–H and O–H groups in total. The lowest BCUT2D eigenvalue weighted by Crippen LogP contribution is -2.22. The lowest BCUT2D eigenvalue weighted by atomic mass is 10.2. The Labute approximate surface area is 123 Å². The Bertz CT molecular complexity index is 730. The molecule has 21 heavy (non-hydrogen) atoms. The molecule has 1 amide bonds.